The molecular weight excluding hydrogens is 192 g/mol. The topological polar surface area (TPSA) is 95.8 Å². The molecule has 0 unspecified atom stereocenters. The van der Waals surface area contributed by atoms with E-state index >= 15 is 0 Å². The Balaban J connectivity index is 2.69. The zero-order valence-corrected chi connectivity index (χ0v) is 7.73. The van der Waals surface area contributed by atoms with Gasteiger partial charge in [-0.05, 0) is 12.1 Å². The van der Waals surface area contributed by atoms with Crippen LogP contribution < -0.4 is 11.2 Å². The number of pyridine rings is 1. The Morgan fingerprint density at radius 3 is 3.13 bits per heavy atom. The van der Waals surface area contributed by atoms with Crippen LogP contribution in [-0.2, 0) is 0 Å². The molecule has 0 amide bonds. The molecule has 4 N–H and O–H groups in total. The van der Waals surface area contributed by atoms with Gasteiger partial charge in [-0.2, -0.15) is 5.10 Å². The number of rotatable bonds is 0. The van der Waals surface area contributed by atoms with Gasteiger partial charge in [0.2, 0.25) is 0 Å². The summed E-state index contributed by atoms with van der Waals surface area (Å²) >= 11 is 0. The van der Waals surface area contributed by atoms with Crippen molar-refractivity contribution in [2.75, 3.05) is 5.73 Å². The van der Waals surface area contributed by atoms with Crippen molar-refractivity contribution in [3.8, 4) is 0 Å². The number of nitrogen functional groups attached to an aromatic ring is 1. The van der Waals surface area contributed by atoms with E-state index < -0.39 is 0 Å². The summed E-state index contributed by atoms with van der Waals surface area (Å²) in [6.45, 7) is 0. The number of aromatic amines is 1. The summed E-state index contributed by atoms with van der Waals surface area (Å²) in [5.74, 6) is 0.376. The molecule has 0 radical (unpaired) electrons. The molecule has 0 aliphatic heterocycles. The molecule has 0 fully saturated rings. The number of hydrogen-bond donors (Lipinski definition) is 3. The van der Waals surface area contributed by atoms with Crippen molar-refractivity contribution in [1.82, 2.24) is 19.6 Å². The minimum atomic E-state index is 0.293. The van der Waals surface area contributed by atoms with E-state index in [-0.39, 0.29) is 0 Å². The van der Waals surface area contributed by atoms with Gasteiger partial charge < -0.3 is 5.73 Å². The molecule has 0 aromatic carbocycles. The van der Waals surface area contributed by atoms with Crippen molar-refractivity contribution in [3.05, 3.63) is 29.9 Å². The lowest BCUT2D eigenvalue weighted by Crippen LogP contribution is -2.15. The number of nitrogens with zero attached hydrogens (tertiary/aromatic N) is 3. The standard InChI is InChI=1S/C9H8N6/c10-7-6-8(11)15-4-2-1-3-5(15)12-9(6)14-13-7/h1-4,11H,(H3,10,13,14). The third-order valence-corrected chi connectivity index (χ3v) is 2.31. The number of aromatic nitrogens is 4. The highest BCUT2D eigenvalue weighted by Gasteiger charge is 2.07. The molecular formula is C9H8N6. The molecule has 6 heteroatoms. The normalized spacial score (nSPS) is 11.2. The summed E-state index contributed by atoms with van der Waals surface area (Å²) in [5.41, 5.74) is 7.13. The highest BCUT2D eigenvalue weighted by molar-refractivity contribution is 5.85. The minimum absolute atomic E-state index is 0.293. The largest absolute Gasteiger partial charge is 0.383 e. The first-order valence-electron chi connectivity index (χ1n) is 4.43. The smallest absolute Gasteiger partial charge is 0.188 e. The molecule has 0 spiro atoms. The minimum Gasteiger partial charge on any atom is -0.383 e. The van der Waals surface area contributed by atoms with E-state index in [1.54, 1.807) is 10.6 Å². The Morgan fingerprint density at radius 1 is 1.40 bits per heavy atom. The molecule has 0 saturated heterocycles. The zero-order chi connectivity index (χ0) is 10.4. The molecule has 74 valence electrons. The molecule has 0 aliphatic carbocycles. The zero-order valence-electron chi connectivity index (χ0n) is 7.73. The summed E-state index contributed by atoms with van der Waals surface area (Å²) in [5, 5.41) is 15.1. The summed E-state index contributed by atoms with van der Waals surface area (Å²) in [6, 6.07) is 5.53. The third-order valence-electron chi connectivity index (χ3n) is 2.31. The quantitative estimate of drug-likeness (QED) is 0.486. The van der Waals surface area contributed by atoms with Crippen LogP contribution in [0.1, 0.15) is 0 Å². The fourth-order valence-electron chi connectivity index (χ4n) is 1.60. The second kappa shape index (κ2) is 2.57. The average Bonchev–Trinajstić information content (AvgIpc) is 2.61. The van der Waals surface area contributed by atoms with Crippen molar-refractivity contribution in [1.29, 1.82) is 5.41 Å². The molecule has 6 nitrogen and oxygen atoms in total. The van der Waals surface area contributed by atoms with Crippen LogP contribution in [0.5, 0.6) is 0 Å². The summed E-state index contributed by atoms with van der Waals surface area (Å²) < 4.78 is 1.66. The van der Waals surface area contributed by atoms with Crippen LogP contribution in [0.4, 0.5) is 5.82 Å². The van der Waals surface area contributed by atoms with Gasteiger partial charge in [-0.1, -0.05) is 6.07 Å². The SMILES string of the molecule is N=c1c2c(N)[nH]nc2nc2ccccn12. The molecule has 15 heavy (non-hydrogen) atoms. The fourth-order valence-corrected chi connectivity index (χ4v) is 1.60. The first-order chi connectivity index (χ1) is 7.27. The first kappa shape index (κ1) is 7.98. The molecule has 0 atom stereocenters. The van der Waals surface area contributed by atoms with Crippen LogP contribution >= 0.6 is 0 Å². The van der Waals surface area contributed by atoms with Crippen molar-refractivity contribution < 1.29 is 0 Å². The number of H-pyrrole nitrogens is 1. The van der Waals surface area contributed by atoms with Gasteiger partial charge in [0.05, 0.1) is 0 Å². The molecule has 3 aromatic rings. The van der Waals surface area contributed by atoms with Crippen molar-refractivity contribution >= 4 is 22.5 Å². The number of hydrogen-bond acceptors (Lipinski definition) is 4. The van der Waals surface area contributed by atoms with Crippen LogP contribution in [0.3, 0.4) is 0 Å². The maximum absolute atomic E-state index is 7.97. The van der Waals surface area contributed by atoms with Gasteiger partial charge in [-0.15, -0.1) is 0 Å². The van der Waals surface area contributed by atoms with Crippen molar-refractivity contribution in [2.45, 2.75) is 0 Å². The lowest BCUT2D eigenvalue weighted by Gasteiger charge is -2.00. The highest BCUT2D eigenvalue weighted by atomic mass is 15.2. The van der Waals surface area contributed by atoms with Crippen LogP contribution in [0.25, 0.3) is 16.7 Å². The number of nitrogens with two attached hydrogens (primary N) is 1. The molecule has 3 heterocycles. The molecule has 0 bridgehead atoms. The van der Waals surface area contributed by atoms with Gasteiger partial charge in [0.15, 0.2) is 5.65 Å². The Morgan fingerprint density at radius 2 is 2.27 bits per heavy atom. The fraction of sp³-hybridized carbons (Fsp3) is 0. The van der Waals surface area contributed by atoms with Crippen LogP contribution in [0, 0.1) is 5.41 Å². The lowest BCUT2D eigenvalue weighted by molar-refractivity contribution is 0.999. The van der Waals surface area contributed by atoms with E-state index in [4.69, 9.17) is 11.1 Å². The highest BCUT2D eigenvalue weighted by Crippen LogP contribution is 2.11. The third kappa shape index (κ3) is 0.954. The van der Waals surface area contributed by atoms with Gasteiger partial charge in [0.1, 0.15) is 22.3 Å². The Bertz CT molecular complexity index is 707. The van der Waals surface area contributed by atoms with E-state index in [9.17, 15) is 0 Å². The van der Waals surface area contributed by atoms with Gasteiger partial charge in [0, 0.05) is 6.20 Å². The number of nitrogens with one attached hydrogen (secondary N) is 2. The molecule has 0 aliphatic rings. The molecule has 0 saturated carbocycles. The van der Waals surface area contributed by atoms with Gasteiger partial charge >= 0.3 is 0 Å². The number of anilines is 1. The second-order valence-electron chi connectivity index (χ2n) is 3.23. The molecule has 3 rings (SSSR count). The molecule has 3 aromatic heterocycles. The first-order valence-corrected chi connectivity index (χ1v) is 4.43. The maximum atomic E-state index is 7.97. The maximum Gasteiger partial charge on any atom is 0.188 e. The van der Waals surface area contributed by atoms with Crippen molar-refractivity contribution in [2.24, 2.45) is 0 Å². The Labute approximate surface area is 83.9 Å². The predicted octanol–water partition coefficient (Wildman–Crippen LogP) is 0.272. The van der Waals surface area contributed by atoms with Gasteiger partial charge in [-0.3, -0.25) is 14.9 Å². The van der Waals surface area contributed by atoms with E-state index in [1.807, 2.05) is 18.2 Å². The van der Waals surface area contributed by atoms with Crippen LogP contribution in [0.15, 0.2) is 24.4 Å². The van der Waals surface area contributed by atoms with E-state index in [2.05, 4.69) is 15.2 Å². The number of fused-ring (bicyclic) bond motifs is 2. The summed E-state index contributed by atoms with van der Waals surface area (Å²) in [4.78, 5) is 4.28. The second-order valence-corrected chi connectivity index (χ2v) is 3.23. The van der Waals surface area contributed by atoms with Crippen LogP contribution in [-0.4, -0.2) is 19.6 Å². The van der Waals surface area contributed by atoms with Gasteiger partial charge in [0.25, 0.3) is 0 Å². The summed E-state index contributed by atoms with van der Waals surface area (Å²) in [7, 11) is 0. The predicted molar refractivity (Wildman–Crippen MR) is 55.1 cm³/mol. The lowest BCUT2D eigenvalue weighted by atomic mass is 10.3. The van der Waals surface area contributed by atoms with Gasteiger partial charge in [-0.25, -0.2) is 4.98 Å². The van der Waals surface area contributed by atoms with E-state index in [1.165, 1.54) is 0 Å². The van der Waals surface area contributed by atoms with E-state index in [0.717, 1.165) is 0 Å². The van der Waals surface area contributed by atoms with Crippen molar-refractivity contribution in [3.63, 3.8) is 0 Å². The average molecular weight is 200 g/mol. The van der Waals surface area contributed by atoms with Crippen LogP contribution in [0.2, 0.25) is 0 Å². The monoisotopic (exact) mass is 200 g/mol. The summed E-state index contributed by atoms with van der Waals surface area (Å²) in [6.07, 6.45) is 1.77. The Hall–Kier alpha value is -2.37. The van der Waals surface area contributed by atoms with E-state index in [0.29, 0.717) is 28.0 Å². The Kier molecular flexibility index (Phi) is 1.37.